The van der Waals surface area contributed by atoms with Gasteiger partial charge in [-0.05, 0) is 20.8 Å². The second kappa shape index (κ2) is 9.50. The van der Waals surface area contributed by atoms with Gasteiger partial charge in [-0.25, -0.2) is 0 Å². The first-order chi connectivity index (χ1) is 12.6. The molecule has 27 heavy (non-hydrogen) atoms. The van der Waals surface area contributed by atoms with E-state index in [9.17, 15) is 0 Å². The zero-order chi connectivity index (χ0) is 20.6. The summed E-state index contributed by atoms with van der Waals surface area (Å²) in [4.78, 5) is 0. The lowest BCUT2D eigenvalue weighted by atomic mass is 9.93. The van der Waals surface area contributed by atoms with Gasteiger partial charge in [0.05, 0.1) is 17.1 Å². The zero-order valence-corrected chi connectivity index (χ0v) is 15.4. The fourth-order valence-corrected chi connectivity index (χ4v) is 2.10. The van der Waals surface area contributed by atoms with Gasteiger partial charge in [-0.1, -0.05) is 18.2 Å². The lowest BCUT2D eigenvalue weighted by molar-refractivity contribution is 1.18. The second-order valence-corrected chi connectivity index (χ2v) is 5.36. The van der Waals surface area contributed by atoms with Crippen molar-refractivity contribution in [3.05, 3.63) is 34.9 Å². The maximum atomic E-state index is 5.36. The topological polar surface area (TPSA) is 230 Å². The molecule has 0 radical (unpaired) electrons. The van der Waals surface area contributed by atoms with Gasteiger partial charge in [-0.15, -0.1) is 15.3 Å². The van der Waals surface area contributed by atoms with Gasteiger partial charge in [0.2, 0.25) is 17.9 Å². The Labute approximate surface area is 156 Å². The van der Waals surface area contributed by atoms with E-state index in [1.807, 2.05) is 18.2 Å². The molecule has 0 atom stereocenters. The summed E-state index contributed by atoms with van der Waals surface area (Å²) in [6, 6.07) is 5.45. The van der Waals surface area contributed by atoms with E-state index in [1.165, 1.54) is 0 Å². The van der Waals surface area contributed by atoms with Crippen molar-refractivity contribution in [1.29, 1.82) is 0 Å². The molecule has 0 aliphatic carbocycles. The SMILES string of the molecule is CC(=NN=C(N)N)c1cccc(C(C)=NN=C(N)N)c1C(C)=NN=C(N)N. The Morgan fingerprint density at radius 1 is 0.556 bits per heavy atom. The van der Waals surface area contributed by atoms with Crippen molar-refractivity contribution in [1.82, 2.24) is 0 Å². The summed E-state index contributed by atoms with van der Waals surface area (Å²) >= 11 is 0. The van der Waals surface area contributed by atoms with Crippen molar-refractivity contribution in [3.8, 4) is 0 Å². The Morgan fingerprint density at radius 3 is 1.22 bits per heavy atom. The van der Waals surface area contributed by atoms with Crippen molar-refractivity contribution < 1.29 is 0 Å². The molecule has 1 aromatic rings. The second-order valence-electron chi connectivity index (χ2n) is 5.36. The molecule has 12 heteroatoms. The lowest BCUT2D eigenvalue weighted by Crippen LogP contribution is -2.22. The Bertz CT molecular complexity index is 809. The van der Waals surface area contributed by atoms with E-state index in [0.29, 0.717) is 33.8 Å². The molecule has 0 saturated carbocycles. The highest BCUT2D eigenvalue weighted by atomic mass is 15.3. The molecule has 12 N–H and O–H groups in total. The van der Waals surface area contributed by atoms with Crippen LogP contribution in [0.4, 0.5) is 0 Å². The molecule has 0 heterocycles. The van der Waals surface area contributed by atoms with Crippen molar-refractivity contribution in [2.45, 2.75) is 20.8 Å². The summed E-state index contributed by atoms with van der Waals surface area (Å²) in [5, 5.41) is 23.1. The van der Waals surface area contributed by atoms with E-state index in [0.717, 1.165) is 0 Å². The van der Waals surface area contributed by atoms with Crippen LogP contribution in [0.2, 0.25) is 0 Å². The van der Waals surface area contributed by atoms with Crippen LogP contribution < -0.4 is 34.4 Å². The highest BCUT2D eigenvalue weighted by Crippen LogP contribution is 2.19. The summed E-state index contributed by atoms with van der Waals surface area (Å²) < 4.78 is 0. The molecule has 0 aromatic heterocycles. The van der Waals surface area contributed by atoms with Crippen LogP contribution in [0.5, 0.6) is 0 Å². The highest BCUT2D eigenvalue weighted by Gasteiger charge is 2.16. The van der Waals surface area contributed by atoms with Gasteiger partial charge in [0.1, 0.15) is 0 Å². The molecule has 144 valence electrons. The number of guanidine groups is 3. The molecule has 0 amide bonds. The molecular weight excluding hydrogens is 348 g/mol. The average molecular weight is 372 g/mol. The lowest BCUT2D eigenvalue weighted by Gasteiger charge is -2.13. The number of nitrogens with two attached hydrogens (primary N) is 6. The zero-order valence-electron chi connectivity index (χ0n) is 15.4. The van der Waals surface area contributed by atoms with Crippen molar-refractivity contribution >= 4 is 35.0 Å². The molecule has 1 aromatic carbocycles. The summed E-state index contributed by atoms with van der Waals surface area (Å²) in [6.07, 6.45) is 0. The predicted octanol–water partition coefficient (Wildman–Crippen LogP) is -1.32. The number of nitrogens with zero attached hydrogens (tertiary/aromatic N) is 6. The standard InChI is InChI=1S/C15H24N12/c1-7(22-25-13(16)17)10-5-4-6-11(8(2)23-26-14(18)19)12(10)9(3)24-27-15(20)21/h4-6H,1-3H3,(H4,16,17,25)(H4,18,19,26)(H4,20,21,27). The Morgan fingerprint density at radius 2 is 0.889 bits per heavy atom. The third-order valence-electron chi connectivity index (χ3n) is 3.15. The minimum atomic E-state index is -0.176. The monoisotopic (exact) mass is 372 g/mol. The Balaban J connectivity index is 3.73. The molecule has 1 rings (SSSR count). The summed E-state index contributed by atoms with van der Waals surface area (Å²) in [6.45, 7) is 5.22. The van der Waals surface area contributed by atoms with Crippen LogP contribution in [-0.4, -0.2) is 35.0 Å². The molecule has 0 fully saturated rings. The van der Waals surface area contributed by atoms with Gasteiger partial charge in [-0.2, -0.15) is 15.3 Å². The molecule has 12 nitrogen and oxygen atoms in total. The Hall–Kier alpha value is -3.96. The number of rotatable bonds is 6. The van der Waals surface area contributed by atoms with Crippen LogP contribution in [0.1, 0.15) is 37.5 Å². The third kappa shape index (κ3) is 6.45. The first-order valence-corrected chi connectivity index (χ1v) is 7.67. The van der Waals surface area contributed by atoms with E-state index in [2.05, 4.69) is 30.6 Å². The molecule has 0 aliphatic rings. The third-order valence-corrected chi connectivity index (χ3v) is 3.15. The fourth-order valence-electron chi connectivity index (χ4n) is 2.10. The summed E-state index contributed by atoms with van der Waals surface area (Å²) in [5.41, 5.74) is 35.7. The molecule has 0 aliphatic heterocycles. The maximum Gasteiger partial charge on any atom is 0.211 e. The minimum Gasteiger partial charge on any atom is -0.369 e. The molecule has 0 saturated heterocycles. The van der Waals surface area contributed by atoms with Crippen LogP contribution >= 0.6 is 0 Å². The summed E-state index contributed by atoms with van der Waals surface area (Å²) in [7, 11) is 0. The van der Waals surface area contributed by atoms with Crippen LogP contribution in [0.25, 0.3) is 0 Å². The number of benzene rings is 1. The van der Waals surface area contributed by atoms with Crippen molar-refractivity contribution in [2.75, 3.05) is 0 Å². The molecule has 0 spiro atoms. The van der Waals surface area contributed by atoms with Crippen LogP contribution in [0.3, 0.4) is 0 Å². The van der Waals surface area contributed by atoms with Crippen LogP contribution in [0, 0.1) is 0 Å². The molecule has 0 unspecified atom stereocenters. The van der Waals surface area contributed by atoms with Crippen molar-refractivity contribution in [3.63, 3.8) is 0 Å². The quantitative estimate of drug-likeness (QED) is 0.201. The van der Waals surface area contributed by atoms with Gasteiger partial charge in [0.15, 0.2) is 0 Å². The van der Waals surface area contributed by atoms with Gasteiger partial charge >= 0.3 is 0 Å². The maximum absolute atomic E-state index is 5.36. The highest BCUT2D eigenvalue weighted by molar-refractivity contribution is 6.18. The van der Waals surface area contributed by atoms with Gasteiger partial charge in [-0.3, -0.25) is 0 Å². The first kappa shape index (κ1) is 21.1. The fraction of sp³-hybridized carbons (Fsp3) is 0.200. The Kier molecular flexibility index (Phi) is 7.42. The van der Waals surface area contributed by atoms with E-state index in [-0.39, 0.29) is 17.9 Å². The molecular formula is C15H24N12. The van der Waals surface area contributed by atoms with Gasteiger partial charge in [0, 0.05) is 16.7 Å². The largest absolute Gasteiger partial charge is 0.369 e. The normalized spacial score (nSPS) is 12.3. The minimum absolute atomic E-state index is 0.163. The molecule has 0 bridgehead atoms. The van der Waals surface area contributed by atoms with E-state index in [4.69, 9.17) is 34.4 Å². The first-order valence-electron chi connectivity index (χ1n) is 7.67. The van der Waals surface area contributed by atoms with Crippen molar-refractivity contribution in [2.24, 2.45) is 65.0 Å². The van der Waals surface area contributed by atoms with Crippen LogP contribution in [-0.2, 0) is 0 Å². The van der Waals surface area contributed by atoms with E-state index < -0.39 is 0 Å². The van der Waals surface area contributed by atoms with Gasteiger partial charge < -0.3 is 34.4 Å². The predicted molar refractivity (Wildman–Crippen MR) is 111 cm³/mol. The summed E-state index contributed by atoms with van der Waals surface area (Å²) in [5.74, 6) is -0.503. The van der Waals surface area contributed by atoms with E-state index >= 15 is 0 Å². The van der Waals surface area contributed by atoms with Gasteiger partial charge in [0.25, 0.3) is 0 Å². The smallest absolute Gasteiger partial charge is 0.211 e. The average Bonchev–Trinajstić information content (AvgIpc) is 2.61. The van der Waals surface area contributed by atoms with Crippen LogP contribution in [0.15, 0.2) is 48.8 Å². The number of hydrogen-bond acceptors (Lipinski definition) is 6. The number of hydrogen-bond donors (Lipinski definition) is 6. The van der Waals surface area contributed by atoms with E-state index in [1.54, 1.807) is 20.8 Å².